The second kappa shape index (κ2) is 8.68. The van der Waals surface area contributed by atoms with Crippen LogP contribution in [0.5, 0.6) is 11.5 Å². The lowest BCUT2D eigenvalue weighted by molar-refractivity contribution is -0.117. The van der Waals surface area contributed by atoms with Gasteiger partial charge in [-0.15, -0.1) is 0 Å². The van der Waals surface area contributed by atoms with E-state index in [-0.39, 0.29) is 11.8 Å². The van der Waals surface area contributed by atoms with Crippen LogP contribution in [-0.2, 0) is 11.8 Å². The number of para-hydroxylation sites is 1. The average molecular weight is 394 g/mol. The van der Waals surface area contributed by atoms with Crippen molar-refractivity contribution in [1.29, 1.82) is 0 Å². The summed E-state index contributed by atoms with van der Waals surface area (Å²) in [5.41, 5.74) is 3.47. The number of methoxy groups -OCH3 is 2. The largest absolute Gasteiger partial charge is 0.493 e. The average Bonchev–Trinajstić information content (AvgIpc) is 3.04. The van der Waals surface area contributed by atoms with Crippen molar-refractivity contribution in [3.05, 3.63) is 59.8 Å². The molecule has 0 saturated heterocycles. The normalized spacial score (nSPS) is 11.6. The zero-order valence-electron chi connectivity index (χ0n) is 17.3. The molecule has 3 rings (SSSR count). The van der Waals surface area contributed by atoms with Crippen LogP contribution in [0.2, 0.25) is 0 Å². The summed E-state index contributed by atoms with van der Waals surface area (Å²) in [6.45, 7) is 3.77. The lowest BCUT2D eigenvalue weighted by Gasteiger charge is -2.16. The minimum absolute atomic E-state index is 0.0804. The number of anilines is 3. The number of aromatic nitrogens is 2. The Morgan fingerprint density at radius 2 is 1.83 bits per heavy atom. The summed E-state index contributed by atoms with van der Waals surface area (Å²) in [7, 11) is 5.02. The molecule has 1 amide bonds. The van der Waals surface area contributed by atoms with Crippen LogP contribution in [0.25, 0.3) is 0 Å². The summed E-state index contributed by atoms with van der Waals surface area (Å²) in [5.74, 6) is 1.60. The van der Waals surface area contributed by atoms with Crippen LogP contribution in [0, 0.1) is 6.92 Å². The molecule has 2 aromatic carbocycles. The third-order valence-electron chi connectivity index (χ3n) is 4.74. The molecule has 3 aromatic rings. The number of benzene rings is 2. The molecular weight excluding hydrogens is 368 g/mol. The Bertz CT molecular complexity index is 996. The van der Waals surface area contributed by atoms with E-state index in [0.29, 0.717) is 17.3 Å². The highest BCUT2D eigenvalue weighted by atomic mass is 16.5. The smallest absolute Gasteiger partial charge is 0.232 e. The maximum atomic E-state index is 12.6. The molecule has 0 aliphatic heterocycles. The van der Waals surface area contributed by atoms with Gasteiger partial charge in [0.05, 0.1) is 31.5 Å². The quantitative estimate of drug-likeness (QED) is 0.627. The number of nitrogens with one attached hydrogen (secondary N) is 2. The number of aryl methyl sites for hydroxylation is 2. The lowest BCUT2D eigenvalue weighted by Crippen LogP contribution is -2.20. The molecule has 0 saturated carbocycles. The predicted molar refractivity (Wildman–Crippen MR) is 114 cm³/mol. The molecule has 0 bridgehead atoms. The number of amides is 1. The van der Waals surface area contributed by atoms with Gasteiger partial charge in [-0.2, -0.15) is 5.10 Å². The van der Waals surface area contributed by atoms with Gasteiger partial charge in [0, 0.05) is 18.8 Å². The Hall–Kier alpha value is -3.48. The van der Waals surface area contributed by atoms with Gasteiger partial charge in [0.2, 0.25) is 5.91 Å². The Balaban J connectivity index is 1.71. The molecule has 7 nitrogen and oxygen atoms in total. The van der Waals surface area contributed by atoms with Crippen LogP contribution in [0.15, 0.2) is 48.5 Å². The van der Waals surface area contributed by atoms with Gasteiger partial charge in [0.1, 0.15) is 5.82 Å². The van der Waals surface area contributed by atoms with E-state index in [1.165, 1.54) is 0 Å². The summed E-state index contributed by atoms with van der Waals surface area (Å²) < 4.78 is 12.4. The summed E-state index contributed by atoms with van der Waals surface area (Å²) in [6, 6.07) is 15.3. The fraction of sp³-hybridized carbons (Fsp3) is 0.273. The zero-order valence-corrected chi connectivity index (χ0v) is 17.3. The fourth-order valence-electron chi connectivity index (χ4n) is 3.11. The molecule has 1 aromatic heterocycles. The van der Waals surface area contributed by atoms with Crippen LogP contribution in [0.3, 0.4) is 0 Å². The van der Waals surface area contributed by atoms with E-state index in [9.17, 15) is 4.79 Å². The van der Waals surface area contributed by atoms with Crippen LogP contribution in [0.1, 0.15) is 24.1 Å². The van der Waals surface area contributed by atoms with Gasteiger partial charge in [0.15, 0.2) is 11.5 Å². The van der Waals surface area contributed by atoms with E-state index in [1.807, 2.05) is 62.4 Å². The van der Waals surface area contributed by atoms with Crippen molar-refractivity contribution in [3.63, 3.8) is 0 Å². The second-order valence-electron chi connectivity index (χ2n) is 6.79. The third-order valence-corrected chi connectivity index (χ3v) is 4.74. The van der Waals surface area contributed by atoms with Gasteiger partial charge in [0.25, 0.3) is 0 Å². The molecule has 1 heterocycles. The van der Waals surface area contributed by atoms with Crippen LogP contribution < -0.4 is 20.1 Å². The van der Waals surface area contributed by atoms with E-state index >= 15 is 0 Å². The number of hydrogen-bond donors (Lipinski definition) is 2. The van der Waals surface area contributed by atoms with E-state index in [0.717, 1.165) is 22.6 Å². The number of carbonyl (C=O) groups excluding carboxylic acids is 1. The number of carbonyl (C=O) groups is 1. The Morgan fingerprint density at radius 1 is 1.10 bits per heavy atom. The Kier molecular flexibility index (Phi) is 6.07. The van der Waals surface area contributed by atoms with Crippen LogP contribution in [0.4, 0.5) is 17.2 Å². The minimum Gasteiger partial charge on any atom is -0.493 e. The predicted octanol–water partition coefficient (Wildman–Crippen LogP) is 4.23. The molecule has 7 heteroatoms. The number of nitrogens with zero attached hydrogens (tertiary/aromatic N) is 2. The van der Waals surface area contributed by atoms with Gasteiger partial charge >= 0.3 is 0 Å². The van der Waals surface area contributed by atoms with Crippen molar-refractivity contribution in [1.82, 2.24) is 9.78 Å². The molecule has 2 N–H and O–H groups in total. The van der Waals surface area contributed by atoms with Crippen molar-refractivity contribution in [3.8, 4) is 11.5 Å². The van der Waals surface area contributed by atoms with Gasteiger partial charge < -0.3 is 20.1 Å². The van der Waals surface area contributed by atoms with Crippen molar-refractivity contribution in [2.24, 2.45) is 7.05 Å². The Labute approximate surface area is 170 Å². The molecule has 0 spiro atoms. The summed E-state index contributed by atoms with van der Waals surface area (Å²) in [4.78, 5) is 12.6. The van der Waals surface area contributed by atoms with Gasteiger partial charge in [-0.05, 0) is 43.7 Å². The fourth-order valence-corrected chi connectivity index (χ4v) is 3.11. The lowest BCUT2D eigenvalue weighted by atomic mass is 10.00. The molecule has 1 atom stereocenters. The molecule has 1 unspecified atom stereocenters. The van der Waals surface area contributed by atoms with Crippen LogP contribution in [-0.4, -0.2) is 29.9 Å². The zero-order chi connectivity index (χ0) is 21.0. The standard InChI is InChI=1S/C22H26N4O3/c1-14-13-20(26(3)25-14)24-22(27)15(2)16-9-11-17(12-10-16)23-18-7-6-8-19(28-4)21(18)29-5/h6-13,15,23H,1-5H3,(H,24,27). The minimum atomic E-state index is -0.300. The van der Waals surface area contributed by atoms with Crippen molar-refractivity contribution < 1.29 is 14.3 Å². The molecule has 29 heavy (non-hydrogen) atoms. The maximum Gasteiger partial charge on any atom is 0.232 e. The highest BCUT2D eigenvalue weighted by molar-refractivity contribution is 5.95. The SMILES string of the molecule is COc1cccc(Nc2ccc(C(C)C(=O)Nc3cc(C)nn3C)cc2)c1OC. The van der Waals surface area contributed by atoms with E-state index in [1.54, 1.807) is 25.9 Å². The maximum absolute atomic E-state index is 12.6. The first-order valence-electron chi connectivity index (χ1n) is 9.32. The highest BCUT2D eigenvalue weighted by Gasteiger charge is 2.17. The summed E-state index contributed by atoms with van der Waals surface area (Å²) in [5, 5.41) is 10.5. The monoisotopic (exact) mass is 394 g/mol. The molecule has 0 fully saturated rings. The highest BCUT2D eigenvalue weighted by Crippen LogP contribution is 2.36. The van der Waals surface area contributed by atoms with Crippen molar-refractivity contribution in [2.45, 2.75) is 19.8 Å². The second-order valence-corrected chi connectivity index (χ2v) is 6.79. The van der Waals surface area contributed by atoms with E-state index in [2.05, 4.69) is 15.7 Å². The molecule has 0 aliphatic carbocycles. The van der Waals surface area contributed by atoms with Gasteiger partial charge in [-0.25, -0.2) is 0 Å². The first kappa shape index (κ1) is 20.3. The van der Waals surface area contributed by atoms with Crippen LogP contribution >= 0.6 is 0 Å². The van der Waals surface area contributed by atoms with Crippen molar-refractivity contribution >= 4 is 23.1 Å². The third kappa shape index (κ3) is 4.51. The number of rotatable bonds is 7. The molecule has 152 valence electrons. The number of ether oxygens (including phenoxy) is 2. The van der Waals surface area contributed by atoms with Crippen molar-refractivity contribution in [2.75, 3.05) is 24.9 Å². The summed E-state index contributed by atoms with van der Waals surface area (Å²) >= 11 is 0. The molecule has 0 aliphatic rings. The number of hydrogen-bond acceptors (Lipinski definition) is 5. The van der Waals surface area contributed by atoms with Gasteiger partial charge in [-0.1, -0.05) is 18.2 Å². The molecular formula is C22H26N4O3. The first-order valence-corrected chi connectivity index (χ1v) is 9.32. The summed E-state index contributed by atoms with van der Waals surface area (Å²) in [6.07, 6.45) is 0. The van der Waals surface area contributed by atoms with E-state index < -0.39 is 0 Å². The topological polar surface area (TPSA) is 77.4 Å². The van der Waals surface area contributed by atoms with E-state index in [4.69, 9.17) is 9.47 Å². The Morgan fingerprint density at radius 3 is 2.41 bits per heavy atom. The van der Waals surface area contributed by atoms with Gasteiger partial charge in [-0.3, -0.25) is 9.48 Å². The molecule has 0 radical (unpaired) electrons. The first-order chi connectivity index (χ1) is 13.9.